The number of H-pyrrole nitrogens is 1. The number of hydrogen-bond donors (Lipinski definition) is 2. The van der Waals surface area contributed by atoms with Crippen LogP contribution in [-0.4, -0.2) is 30.2 Å². The van der Waals surface area contributed by atoms with Crippen molar-refractivity contribution in [1.82, 2.24) is 19.1 Å². The summed E-state index contributed by atoms with van der Waals surface area (Å²) in [4.78, 5) is 41.6. The molecule has 33 heavy (non-hydrogen) atoms. The molecule has 0 aliphatic rings. The van der Waals surface area contributed by atoms with Crippen LogP contribution in [0.4, 0.5) is 11.6 Å². The Morgan fingerprint density at radius 1 is 1.12 bits per heavy atom. The fourth-order valence-electron chi connectivity index (χ4n) is 3.61. The molecular formula is C22H29N7O4. The molecule has 0 fully saturated rings. The Bertz CT molecular complexity index is 1240. The van der Waals surface area contributed by atoms with Gasteiger partial charge in [-0.2, -0.15) is 10.1 Å². The third kappa shape index (κ3) is 5.93. The number of nitro benzene ring substituents is 1. The molecule has 0 unspecified atom stereocenters. The zero-order chi connectivity index (χ0) is 23.8. The number of hydrogen-bond acceptors (Lipinski definition) is 7. The normalized spacial score (nSPS) is 11.5. The molecule has 176 valence electrons. The first-order valence-corrected chi connectivity index (χ1v) is 11.2. The molecule has 0 radical (unpaired) electrons. The van der Waals surface area contributed by atoms with Crippen LogP contribution in [0.15, 0.2) is 39.0 Å². The van der Waals surface area contributed by atoms with Crippen molar-refractivity contribution in [2.24, 2.45) is 12.1 Å². The van der Waals surface area contributed by atoms with Crippen LogP contribution in [0.3, 0.4) is 0 Å². The molecule has 0 amide bonds. The summed E-state index contributed by atoms with van der Waals surface area (Å²) in [6.45, 7) is 2.74. The SMILES string of the molecule is CCCCCCCCCn1c(N/N=C\c2ccc([N+](=O)[O-])cc2)nc2c1c(=O)[nH]c(=O)n2C. The van der Waals surface area contributed by atoms with Crippen LogP contribution >= 0.6 is 0 Å². The van der Waals surface area contributed by atoms with Gasteiger partial charge in [-0.05, 0) is 24.1 Å². The first-order chi connectivity index (χ1) is 15.9. The van der Waals surface area contributed by atoms with Crippen LogP contribution in [0.2, 0.25) is 0 Å². The Morgan fingerprint density at radius 3 is 2.45 bits per heavy atom. The van der Waals surface area contributed by atoms with Gasteiger partial charge in [0.2, 0.25) is 5.95 Å². The smallest absolute Gasteiger partial charge is 0.303 e. The lowest BCUT2D eigenvalue weighted by atomic mass is 10.1. The minimum Gasteiger partial charge on any atom is -0.303 e. The number of non-ortho nitro benzene ring substituents is 1. The molecule has 2 aromatic heterocycles. The maximum atomic E-state index is 12.5. The largest absolute Gasteiger partial charge is 0.329 e. The van der Waals surface area contributed by atoms with Gasteiger partial charge in [-0.15, -0.1) is 0 Å². The maximum Gasteiger partial charge on any atom is 0.329 e. The van der Waals surface area contributed by atoms with Crippen LogP contribution in [-0.2, 0) is 13.6 Å². The molecule has 0 aliphatic heterocycles. The molecular weight excluding hydrogens is 426 g/mol. The van der Waals surface area contributed by atoms with E-state index >= 15 is 0 Å². The third-order valence-corrected chi connectivity index (χ3v) is 5.47. The first kappa shape index (κ1) is 23.9. The Kier molecular flexibility index (Phi) is 8.11. The number of unbranched alkanes of at least 4 members (excludes halogenated alkanes) is 6. The molecule has 0 spiro atoms. The fraction of sp³-hybridized carbons (Fsp3) is 0.455. The zero-order valence-electron chi connectivity index (χ0n) is 18.9. The third-order valence-electron chi connectivity index (χ3n) is 5.47. The van der Waals surface area contributed by atoms with Gasteiger partial charge >= 0.3 is 5.69 Å². The number of nitrogens with one attached hydrogen (secondary N) is 2. The van der Waals surface area contributed by atoms with Crippen LogP contribution in [0.25, 0.3) is 11.2 Å². The van der Waals surface area contributed by atoms with Gasteiger partial charge in [-0.3, -0.25) is 24.5 Å². The van der Waals surface area contributed by atoms with Gasteiger partial charge in [0.1, 0.15) is 0 Å². The van der Waals surface area contributed by atoms with Gasteiger partial charge in [0.25, 0.3) is 11.2 Å². The minimum atomic E-state index is -0.533. The number of nitro groups is 1. The summed E-state index contributed by atoms with van der Waals surface area (Å²) < 4.78 is 3.04. The highest BCUT2D eigenvalue weighted by molar-refractivity contribution is 5.81. The van der Waals surface area contributed by atoms with E-state index < -0.39 is 16.2 Å². The summed E-state index contributed by atoms with van der Waals surface area (Å²) in [5.41, 5.74) is 3.08. The zero-order valence-corrected chi connectivity index (χ0v) is 18.9. The van der Waals surface area contributed by atoms with Crippen LogP contribution in [0.1, 0.15) is 57.4 Å². The summed E-state index contributed by atoms with van der Waals surface area (Å²) in [7, 11) is 1.55. The number of fused-ring (bicyclic) bond motifs is 1. The van der Waals surface area contributed by atoms with E-state index in [9.17, 15) is 19.7 Å². The van der Waals surface area contributed by atoms with E-state index in [2.05, 4.69) is 27.4 Å². The Hall–Kier alpha value is -3.76. The quantitative estimate of drug-likeness (QED) is 0.185. The van der Waals surface area contributed by atoms with E-state index in [1.54, 1.807) is 23.7 Å². The van der Waals surface area contributed by atoms with Gasteiger partial charge in [-0.25, -0.2) is 10.2 Å². The molecule has 0 saturated carbocycles. The summed E-state index contributed by atoms with van der Waals surface area (Å²) in [6, 6.07) is 5.96. The van der Waals surface area contributed by atoms with Crippen molar-refractivity contribution in [3.8, 4) is 0 Å². The van der Waals surface area contributed by atoms with Gasteiger partial charge in [-0.1, -0.05) is 45.4 Å². The Morgan fingerprint density at radius 2 is 1.79 bits per heavy atom. The number of nitrogens with zero attached hydrogens (tertiary/aromatic N) is 5. The predicted molar refractivity (Wildman–Crippen MR) is 128 cm³/mol. The average Bonchev–Trinajstić information content (AvgIpc) is 3.16. The number of rotatable bonds is 12. The van der Waals surface area contributed by atoms with Crippen molar-refractivity contribution < 1.29 is 4.92 Å². The van der Waals surface area contributed by atoms with Gasteiger partial charge in [0, 0.05) is 25.7 Å². The van der Waals surface area contributed by atoms with Crippen molar-refractivity contribution in [3.05, 3.63) is 60.8 Å². The molecule has 3 aromatic rings. The van der Waals surface area contributed by atoms with Gasteiger partial charge in [0.05, 0.1) is 11.1 Å². The van der Waals surface area contributed by atoms with Crippen molar-refractivity contribution in [2.45, 2.75) is 58.4 Å². The monoisotopic (exact) mass is 455 g/mol. The second-order valence-electron chi connectivity index (χ2n) is 7.92. The molecule has 0 bridgehead atoms. The number of hydrazone groups is 1. The topological polar surface area (TPSA) is 140 Å². The number of anilines is 1. The lowest BCUT2D eigenvalue weighted by Gasteiger charge is -2.08. The Labute approximate surface area is 190 Å². The molecule has 11 heteroatoms. The van der Waals surface area contributed by atoms with Crippen molar-refractivity contribution in [3.63, 3.8) is 0 Å². The summed E-state index contributed by atoms with van der Waals surface area (Å²) in [5.74, 6) is 0.348. The van der Waals surface area contributed by atoms with E-state index in [1.807, 2.05) is 0 Å². The van der Waals surface area contributed by atoms with Crippen LogP contribution < -0.4 is 16.7 Å². The molecule has 11 nitrogen and oxygen atoms in total. The minimum absolute atomic E-state index is 0.00302. The average molecular weight is 456 g/mol. The number of aryl methyl sites for hydroxylation is 2. The standard InChI is InChI=1S/C22H29N7O4/c1-3-4-5-6-7-8-9-14-28-18-19(27(2)22(31)25-20(18)30)24-21(28)26-23-15-16-10-12-17(13-11-16)29(32)33/h10-13,15H,3-9,14H2,1-2H3,(H,24,26)(H,25,30,31)/b23-15-. The van der Waals surface area contributed by atoms with Gasteiger partial charge in [0.15, 0.2) is 11.2 Å². The van der Waals surface area contributed by atoms with E-state index in [-0.39, 0.29) is 11.3 Å². The first-order valence-electron chi connectivity index (χ1n) is 11.2. The van der Waals surface area contributed by atoms with Crippen LogP contribution in [0, 0.1) is 10.1 Å². The highest BCUT2D eigenvalue weighted by Gasteiger charge is 2.17. The molecule has 0 saturated heterocycles. The van der Waals surface area contributed by atoms with E-state index in [1.165, 1.54) is 48.6 Å². The molecule has 0 aliphatic carbocycles. The lowest BCUT2D eigenvalue weighted by molar-refractivity contribution is -0.384. The number of aromatic amines is 1. The summed E-state index contributed by atoms with van der Waals surface area (Å²) in [5, 5.41) is 15.0. The van der Waals surface area contributed by atoms with Crippen LogP contribution in [0.5, 0.6) is 0 Å². The van der Waals surface area contributed by atoms with E-state index in [0.717, 1.165) is 19.3 Å². The fourth-order valence-corrected chi connectivity index (χ4v) is 3.61. The summed E-state index contributed by atoms with van der Waals surface area (Å²) in [6.07, 6.45) is 9.40. The second kappa shape index (κ2) is 11.2. The lowest BCUT2D eigenvalue weighted by Crippen LogP contribution is -2.29. The molecule has 3 rings (SSSR count). The van der Waals surface area contributed by atoms with Crippen molar-refractivity contribution in [2.75, 3.05) is 5.43 Å². The Balaban J connectivity index is 1.79. The molecule has 2 N–H and O–H groups in total. The van der Waals surface area contributed by atoms with Crippen molar-refractivity contribution >= 4 is 29.0 Å². The highest BCUT2D eigenvalue weighted by Crippen LogP contribution is 2.18. The van der Waals surface area contributed by atoms with Crippen molar-refractivity contribution in [1.29, 1.82) is 0 Å². The highest BCUT2D eigenvalue weighted by atomic mass is 16.6. The van der Waals surface area contributed by atoms with E-state index in [4.69, 9.17) is 0 Å². The molecule has 1 aromatic carbocycles. The number of aromatic nitrogens is 4. The second-order valence-corrected chi connectivity index (χ2v) is 7.92. The predicted octanol–water partition coefficient (Wildman–Crippen LogP) is 3.53. The number of benzene rings is 1. The molecule has 0 atom stereocenters. The summed E-state index contributed by atoms with van der Waals surface area (Å²) >= 11 is 0. The van der Waals surface area contributed by atoms with Gasteiger partial charge < -0.3 is 4.57 Å². The number of imidazole rings is 1. The maximum absolute atomic E-state index is 12.5. The van der Waals surface area contributed by atoms with E-state index in [0.29, 0.717) is 23.6 Å². The molecule has 2 heterocycles.